The molecule has 0 aliphatic heterocycles. The fourth-order valence-corrected chi connectivity index (χ4v) is 3.42. The SMILES string of the molecule is Oc1c(P)cccc1-c1ccccc1Nc1ccccc1N=CNc1ccccc1. The number of anilines is 3. The van der Waals surface area contributed by atoms with Crippen molar-refractivity contribution in [1.82, 2.24) is 0 Å². The van der Waals surface area contributed by atoms with Crippen LogP contribution in [0, 0.1) is 0 Å². The van der Waals surface area contributed by atoms with Crippen molar-refractivity contribution in [3.8, 4) is 16.9 Å². The first-order chi connectivity index (χ1) is 14.7. The van der Waals surface area contributed by atoms with Gasteiger partial charge < -0.3 is 15.7 Å². The Balaban J connectivity index is 1.62. The molecule has 0 aliphatic carbocycles. The molecular weight excluding hydrogens is 389 g/mol. The molecule has 4 aromatic carbocycles. The summed E-state index contributed by atoms with van der Waals surface area (Å²) < 4.78 is 0. The van der Waals surface area contributed by atoms with Crippen LogP contribution in [0.4, 0.5) is 22.7 Å². The van der Waals surface area contributed by atoms with Crippen LogP contribution in [-0.2, 0) is 0 Å². The van der Waals surface area contributed by atoms with Crippen molar-refractivity contribution in [3.63, 3.8) is 0 Å². The number of rotatable bonds is 6. The van der Waals surface area contributed by atoms with Gasteiger partial charge in [-0.3, -0.25) is 0 Å². The third-order valence-corrected chi connectivity index (χ3v) is 5.13. The largest absolute Gasteiger partial charge is 0.507 e. The Bertz CT molecular complexity index is 1180. The Morgan fingerprint density at radius 1 is 0.700 bits per heavy atom. The molecule has 5 heteroatoms. The molecule has 1 atom stereocenters. The molecular formula is C25H22N3OP. The first-order valence-electron chi connectivity index (χ1n) is 9.59. The molecule has 0 heterocycles. The molecule has 0 amide bonds. The Hall–Kier alpha value is -3.62. The number of aromatic hydroxyl groups is 1. The maximum atomic E-state index is 10.5. The highest BCUT2D eigenvalue weighted by atomic mass is 31.0. The van der Waals surface area contributed by atoms with Crippen LogP contribution in [0.15, 0.2) is 102 Å². The summed E-state index contributed by atoms with van der Waals surface area (Å²) in [5, 5.41) is 18.0. The number of nitrogens with zero attached hydrogens (tertiary/aromatic N) is 1. The Morgan fingerprint density at radius 3 is 2.20 bits per heavy atom. The van der Waals surface area contributed by atoms with Gasteiger partial charge in [0, 0.05) is 27.8 Å². The monoisotopic (exact) mass is 411 g/mol. The maximum Gasteiger partial charge on any atom is 0.130 e. The molecule has 3 N–H and O–H groups in total. The summed E-state index contributed by atoms with van der Waals surface area (Å²) in [7, 11) is 2.57. The number of phenols is 1. The number of aliphatic imine (C=N–C) groups is 1. The molecule has 0 aliphatic rings. The summed E-state index contributed by atoms with van der Waals surface area (Å²) in [5.41, 5.74) is 5.24. The van der Waals surface area contributed by atoms with Gasteiger partial charge in [0.15, 0.2) is 0 Å². The minimum Gasteiger partial charge on any atom is -0.507 e. The number of benzene rings is 4. The van der Waals surface area contributed by atoms with Crippen LogP contribution in [0.25, 0.3) is 11.1 Å². The standard InChI is InChI=1S/C25H22N3OP/c29-25-20(12-8-16-24(25)30)19-11-4-5-13-21(19)28-23-15-7-6-14-22(23)27-17-26-18-9-2-1-3-10-18/h1-17,28-29H,30H2,(H,26,27). The van der Waals surface area contributed by atoms with Crippen LogP contribution in [0.5, 0.6) is 5.75 Å². The van der Waals surface area contributed by atoms with E-state index in [4.69, 9.17) is 0 Å². The summed E-state index contributed by atoms with van der Waals surface area (Å²) in [6, 6.07) is 31.4. The third kappa shape index (κ3) is 4.51. The van der Waals surface area contributed by atoms with Crippen LogP contribution in [0.1, 0.15) is 0 Å². The average molecular weight is 411 g/mol. The summed E-state index contributed by atoms with van der Waals surface area (Å²) in [4.78, 5) is 4.58. The molecule has 0 aromatic heterocycles. The van der Waals surface area contributed by atoms with Crippen molar-refractivity contribution in [2.24, 2.45) is 4.99 Å². The minimum absolute atomic E-state index is 0.259. The van der Waals surface area contributed by atoms with E-state index in [-0.39, 0.29) is 5.75 Å². The summed E-state index contributed by atoms with van der Waals surface area (Å²) in [5.74, 6) is 0.259. The van der Waals surface area contributed by atoms with Gasteiger partial charge in [0.25, 0.3) is 0 Å². The molecule has 0 saturated heterocycles. The highest BCUT2D eigenvalue weighted by Gasteiger charge is 2.11. The molecule has 148 valence electrons. The van der Waals surface area contributed by atoms with Gasteiger partial charge in [-0.25, -0.2) is 4.99 Å². The van der Waals surface area contributed by atoms with Gasteiger partial charge in [0.1, 0.15) is 5.75 Å². The lowest BCUT2D eigenvalue weighted by atomic mass is 10.0. The number of hydrogen-bond donors (Lipinski definition) is 3. The van der Waals surface area contributed by atoms with Crippen molar-refractivity contribution in [1.29, 1.82) is 0 Å². The van der Waals surface area contributed by atoms with Gasteiger partial charge in [0.2, 0.25) is 0 Å². The van der Waals surface area contributed by atoms with E-state index < -0.39 is 0 Å². The second kappa shape index (κ2) is 9.25. The Morgan fingerprint density at radius 2 is 1.37 bits per heavy atom. The number of para-hydroxylation sites is 5. The predicted molar refractivity (Wildman–Crippen MR) is 131 cm³/mol. The second-order valence-electron chi connectivity index (χ2n) is 6.70. The van der Waals surface area contributed by atoms with Gasteiger partial charge in [-0.15, -0.1) is 9.24 Å². The molecule has 0 saturated carbocycles. The fourth-order valence-electron chi connectivity index (χ4n) is 3.15. The minimum atomic E-state index is 0.259. The zero-order chi connectivity index (χ0) is 20.8. The van der Waals surface area contributed by atoms with E-state index in [9.17, 15) is 5.11 Å². The van der Waals surface area contributed by atoms with Crippen LogP contribution >= 0.6 is 9.24 Å². The lowest BCUT2D eigenvalue weighted by Gasteiger charge is -2.15. The van der Waals surface area contributed by atoms with E-state index >= 15 is 0 Å². The molecule has 4 aromatic rings. The first-order valence-corrected chi connectivity index (χ1v) is 10.2. The van der Waals surface area contributed by atoms with Crippen molar-refractivity contribution in [3.05, 3.63) is 97.1 Å². The lowest BCUT2D eigenvalue weighted by molar-refractivity contribution is 0.482. The molecule has 0 bridgehead atoms. The number of nitrogens with one attached hydrogen (secondary N) is 2. The second-order valence-corrected chi connectivity index (χ2v) is 7.32. The van der Waals surface area contributed by atoms with Crippen molar-refractivity contribution >= 4 is 43.6 Å². The van der Waals surface area contributed by atoms with E-state index in [1.54, 1.807) is 6.34 Å². The highest BCUT2D eigenvalue weighted by molar-refractivity contribution is 7.27. The van der Waals surface area contributed by atoms with Crippen LogP contribution in [-0.4, -0.2) is 11.4 Å². The van der Waals surface area contributed by atoms with Crippen LogP contribution in [0.2, 0.25) is 0 Å². The predicted octanol–water partition coefficient (Wildman–Crippen LogP) is 6.08. The van der Waals surface area contributed by atoms with Gasteiger partial charge in [-0.05, 0) is 30.3 Å². The molecule has 4 rings (SSSR count). The zero-order valence-electron chi connectivity index (χ0n) is 16.3. The smallest absolute Gasteiger partial charge is 0.130 e. The molecule has 4 nitrogen and oxygen atoms in total. The van der Waals surface area contributed by atoms with Crippen molar-refractivity contribution in [2.45, 2.75) is 0 Å². The zero-order valence-corrected chi connectivity index (χ0v) is 17.4. The number of hydrogen-bond acceptors (Lipinski definition) is 3. The third-order valence-electron chi connectivity index (χ3n) is 4.67. The van der Waals surface area contributed by atoms with Crippen LogP contribution in [0.3, 0.4) is 0 Å². The van der Waals surface area contributed by atoms with Crippen LogP contribution < -0.4 is 15.9 Å². The summed E-state index contributed by atoms with van der Waals surface area (Å²) >= 11 is 0. The van der Waals surface area contributed by atoms with Gasteiger partial charge in [-0.2, -0.15) is 0 Å². The van der Waals surface area contributed by atoms with Gasteiger partial charge >= 0.3 is 0 Å². The summed E-state index contributed by atoms with van der Waals surface area (Å²) in [6.07, 6.45) is 1.69. The Labute approximate surface area is 178 Å². The highest BCUT2D eigenvalue weighted by Crippen LogP contribution is 2.37. The molecule has 0 radical (unpaired) electrons. The van der Waals surface area contributed by atoms with E-state index in [1.807, 2.05) is 97.1 Å². The van der Waals surface area contributed by atoms with Gasteiger partial charge in [-0.1, -0.05) is 66.7 Å². The van der Waals surface area contributed by atoms with E-state index in [2.05, 4.69) is 24.9 Å². The van der Waals surface area contributed by atoms with E-state index in [0.717, 1.165) is 39.2 Å². The van der Waals surface area contributed by atoms with Crippen molar-refractivity contribution in [2.75, 3.05) is 10.6 Å². The lowest BCUT2D eigenvalue weighted by Crippen LogP contribution is -1.98. The molecule has 1 unspecified atom stereocenters. The van der Waals surface area contributed by atoms with Crippen molar-refractivity contribution < 1.29 is 5.11 Å². The first kappa shape index (κ1) is 19.7. The van der Waals surface area contributed by atoms with E-state index in [0.29, 0.717) is 0 Å². The van der Waals surface area contributed by atoms with Gasteiger partial charge in [0.05, 0.1) is 17.7 Å². The topological polar surface area (TPSA) is 56.6 Å². The molecule has 30 heavy (non-hydrogen) atoms. The number of phenolic OH excluding ortho intramolecular Hbond substituents is 1. The molecule has 0 fully saturated rings. The normalized spacial score (nSPS) is 10.8. The average Bonchev–Trinajstić information content (AvgIpc) is 2.78. The Kier molecular flexibility index (Phi) is 6.07. The summed E-state index contributed by atoms with van der Waals surface area (Å²) in [6.45, 7) is 0. The maximum absolute atomic E-state index is 10.5. The molecule has 0 spiro atoms. The quantitative estimate of drug-likeness (QED) is 0.205. The fraction of sp³-hybridized carbons (Fsp3) is 0. The van der Waals surface area contributed by atoms with E-state index in [1.165, 1.54) is 0 Å².